The van der Waals surface area contributed by atoms with Crippen LogP contribution in [0.4, 0.5) is 18.9 Å². The minimum atomic E-state index is -4.79. The largest absolute Gasteiger partial charge is 0.573 e. The number of carbonyl (C=O) groups excluding carboxylic acids is 1. The molecule has 134 valence electrons. The molecule has 10 heteroatoms. The SMILES string of the molecule is COC(=O)c1cncc(NSc2cc(OC(F)(F)F)ccc2OC)c1. The molecule has 0 aliphatic rings. The predicted octanol–water partition coefficient (Wildman–Crippen LogP) is 3.89. The van der Waals surface area contributed by atoms with Crippen LogP contribution in [0.15, 0.2) is 41.6 Å². The summed E-state index contributed by atoms with van der Waals surface area (Å²) in [6, 6.07) is 5.18. The van der Waals surface area contributed by atoms with Crippen molar-refractivity contribution < 1.29 is 32.2 Å². The molecule has 0 aliphatic heterocycles. The summed E-state index contributed by atoms with van der Waals surface area (Å²) in [5, 5.41) is 0. The van der Waals surface area contributed by atoms with E-state index in [4.69, 9.17) is 4.74 Å². The molecule has 0 aliphatic carbocycles. The summed E-state index contributed by atoms with van der Waals surface area (Å²) in [6.45, 7) is 0. The van der Waals surface area contributed by atoms with E-state index in [-0.39, 0.29) is 11.3 Å². The smallest absolute Gasteiger partial charge is 0.496 e. The average Bonchev–Trinajstić information content (AvgIpc) is 2.58. The maximum atomic E-state index is 12.3. The molecule has 1 heterocycles. The Kier molecular flexibility index (Phi) is 5.97. The Morgan fingerprint density at radius 3 is 2.60 bits per heavy atom. The van der Waals surface area contributed by atoms with Crippen molar-refractivity contribution >= 4 is 23.6 Å². The highest BCUT2D eigenvalue weighted by atomic mass is 32.2. The van der Waals surface area contributed by atoms with E-state index < -0.39 is 12.3 Å². The lowest BCUT2D eigenvalue weighted by atomic mass is 10.3. The number of hydrogen-bond acceptors (Lipinski definition) is 7. The highest BCUT2D eigenvalue weighted by molar-refractivity contribution is 8.00. The van der Waals surface area contributed by atoms with Crippen molar-refractivity contribution in [1.29, 1.82) is 0 Å². The number of ether oxygens (including phenoxy) is 3. The van der Waals surface area contributed by atoms with E-state index in [2.05, 4.69) is 19.2 Å². The summed E-state index contributed by atoms with van der Waals surface area (Å²) < 4.78 is 53.5. The Hall–Kier alpha value is -2.62. The van der Waals surface area contributed by atoms with Crippen LogP contribution in [-0.4, -0.2) is 31.5 Å². The maximum Gasteiger partial charge on any atom is 0.573 e. The van der Waals surface area contributed by atoms with Crippen molar-refractivity contribution in [1.82, 2.24) is 4.98 Å². The molecule has 0 fully saturated rings. The molecular weight excluding hydrogens is 361 g/mol. The molecule has 0 amide bonds. The topological polar surface area (TPSA) is 69.7 Å². The fourth-order valence-electron chi connectivity index (χ4n) is 1.77. The molecule has 2 aromatic rings. The van der Waals surface area contributed by atoms with Crippen molar-refractivity contribution in [2.75, 3.05) is 18.9 Å². The second-order valence-electron chi connectivity index (χ2n) is 4.52. The zero-order valence-electron chi connectivity index (χ0n) is 13.1. The number of pyridine rings is 1. The number of esters is 1. The highest BCUT2D eigenvalue weighted by Gasteiger charge is 2.31. The van der Waals surface area contributed by atoms with Gasteiger partial charge < -0.3 is 18.9 Å². The quantitative estimate of drug-likeness (QED) is 0.607. The first kappa shape index (κ1) is 18.7. The van der Waals surface area contributed by atoms with Crippen molar-refractivity contribution in [3.8, 4) is 11.5 Å². The number of aromatic nitrogens is 1. The van der Waals surface area contributed by atoms with Crippen molar-refractivity contribution in [3.63, 3.8) is 0 Å². The molecule has 1 aromatic carbocycles. The second-order valence-corrected chi connectivity index (χ2v) is 5.37. The number of methoxy groups -OCH3 is 2. The number of alkyl halides is 3. The van der Waals surface area contributed by atoms with Crippen molar-refractivity contribution in [2.45, 2.75) is 11.3 Å². The Balaban J connectivity index is 2.16. The van der Waals surface area contributed by atoms with E-state index in [9.17, 15) is 18.0 Å². The third-order valence-corrected chi connectivity index (χ3v) is 3.68. The minimum absolute atomic E-state index is 0.231. The monoisotopic (exact) mass is 374 g/mol. The van der Waals surface area contributed by atoms with E-state index >= 15 is 0 Å². The van der Waals surface area contributed by atoms with Gasteiger partial charge in [-0.05, 0) is 36.2 Å². The van der Waals surface area contributed by atoms with Gasteiger partial charge in [0.1, 0.15) is 11.5 Å². The molecule has 0 saturated heterocycles. The molecule has 6 nitrogen and oxygen atoms in total. The third-order valence-electron chi connectivity index (χ3n) is 2.81. The lowest BCUT2D eigenvalue weighted by Crippen LogP contribution is -2.17. The Morgan fingerprint density at radius 1 is 1.20 bits per heavy atom. The number of carbonyl (C=O) groups is 1. The number of halogens is 3. The van der Waals surface area contributed by atoms with E-state index in [0.29, 0.717) is 16.3 Å². The van der Waals surface area contributed by atoms with E-state index in [1.165, 1.54) is 44.8 Å². The van der Waals surface area contributed by atoms with Crippen LogP contribution in [0, 0.1) is 0 Å². The van der Waals surface area contributed by atoms with E-state index in [1.807, 2.05) is 0 Å². The molecule has 0 atom stereocenters. The zero-order chi connectivity index (χ0) is 18.4. The van der Waals surface area contributed by atoms with E-state index in [1.54, 1.807) is 0 Å². The number of nitrogens with zero attached hydrogens (tertiary/aromatic N) is 1. The number of rotatable bonds is 6. The Morgan fingerprint density at radius 2 is 1.96 bits per heavy atom. The first-order chi connectivity index (χ1) is 11.8. The molecule has 0 bridgehead atoms. The van der Waals surface area contributed by atoms with E-state index in [0.717, 1.165) is 18.0 Å². The van der Waals surface area contributed by atoms with Gasteiger partial charge in [-0.15, -0.1) is 13.2 Å². The first-order valence-electron chi connectivity index (χ1n) is 6.72. The van der Waals surface area contributed by atoms with Crippen molar-refractivity contribution in [2.24, 2.45) is 0 Å². The van der Waals surface area contributed by atoms with Crippen LogP contribution in [0.3, 0.4) is 0 Å². The van der Waals surface area contributed by atoms with Crippen LogP contribution in [0.25, 0.3) is 0 Å². The first-order valence-corrected chi connectivity index (χ1v) is 7.54. The van der Waals surface area contributed by atoms with Gasteiger partial charge in [0.15, 0.2) is 0 Å². The maximum absolute atomic E-state index is 12.3. The summed E-state index contributed by atoms with van der Waals surface area (Å²) in [5.74, 6) is -0.581. The summed E-state index contributed by atoms with van der Waals surface area (Å²) in [5.41, 5.74) is 0.686. The zero-order valence-corrected chi connectivity index (χ0v) is 13.9. The fraction of sp³-hybridized carbons (Fsp3) is 0.200. The summed E-state index contributed by atoms with van der Waals surface area (Å²) in [7, 11) is 2.64. The Bertz CT molecular complexity index is 756. The predicted molar refractivity (Wildman–Crippen MR) is 84.7 cm³/mol. The summed E-state index contributed by atoms with van der Waals surface area (Å²) in [4.78, 5) is 15.7. The normalized spacial score (nSPS) is 10.9. The van der Waals surface area contributed by atoms with Crippen LogP contribution in [-0.2, 0) is 4.74 Å². The van der Waals surface area contributed by atoms with Gasteiger partial charge >= 0.3 is 12.3 Å². The van der Waals surface area contributed by atoms with Crippen molar-refractivity contribution in [3.05, 3.63) is 42.2 Å². The second kappa shape index (κ2) is 7.97. The van der Waals surface area contributed by atoms with Crippen LogP contribution in [0.2, 0.25) is 0 Å². The highest BCUT2D eigenvalue weighted by Crippen LogP contribution is 2.35. The summed E-state index contributed by atoms with van der Waals surface area (Å²) in [6.07, 6.45) is -2.01. The molecule has 0 saturated carbocycles. The van der Waals surface area contributed by atoms with Gasteiger partial charge in [0.05, 0.1) is 36.6 Å². The van der Waals surface area contributed by atoms with Gasteiger partial charge in [0.2, 0.25) is 0 Å². The minimum Gasteiger partial charge on any atom is -0.496 e. The fourth-order valence-corrected chi connectivity index (χ4v) is 2.54. The molecule has 0 radical (unpaired) electrons. The molecule has 1 aromatic heterocycles. The van der Waals surface area contributed by atoms with Gasteiger partial charge in [-0.1, -0.05) is 0 Å². The average molecular weight is 374 g/mol. The molecule has 2 rings (SSSR count). The van der Waals surface area contributed by atoms with Crippen LogP contribution in [0.5, 0.6) is 11.5 Å². The lowest BCUT2D eigenvalue weighted by molar-refractivity contribution is -0.274. The number of benzene rings is 1. The molecule has 1 N–H and O–H groups in total. The van der Waals surface area contributed by atoms with Gasteiger partial charge in [-0.25, -0.2) is 4.79 Å². The van der Waals surface area contributed by atoms with Gasteiger partial charge in [0.25, 0.3) is 0 Å². The molecule has 25 heavy (non-hydrogen) atoms. The van der Waals surface area contributed by atoms with Gasteiger partial charge in [-0.3, -0.25) is 4.98 Å². The Labute approximate surface area is 145 Å². The van der Waals surface area contributed by atoms with Crippen LogP contribution < -0.4 is 14.2 Å². The molecule has 0 spiro atoms. The number of hydrogen-bond donors (Lipinski definition) is 1. The van der Waals surface area contributed by atoms with Crippen LogP contribution in [0.1, 0.15) is 10.4 Å². The number of nitrogens with one attached hydrogen (secondary N) is 1. The standard InChI is InChI=1S/C15H13F3N2O4S/c1-22-12-4-3-11(24-15(16,17)18)6-13(12)25-20-10-5-9(7-19-8-10)14(21)23-2/h3-8,20H,1-2H3. The van der Waals surface area contributed by atoms with Gasteiger partial charge in [-0.2, -0.15) is 0 Å². The summed E-state index contributed by atoms with van der Waals surface area (Å²) >= 11 is 0.978. The number of anilines is 1. The third kappa shape index (κ3) is 5.45. The molecule has 0 unspecified atom stereocenters. The van der Waals surface area contributed by atoms with Gasteiger partial charge in [0, 0.05) is 6.20 Å². The lowest BCUT2D eigenvalue weighted by Gasteiger charge is -2.13. The molecular formula is C15H13F3N2O4S. The van der Waals surface area contributed by atoms with Crippen LogP contribution >= 0.6 is 11.9 Å².